The van der Waals surface area contributed by atoms with Crippen LogP contribution in [0, 0.1) is 0 Å². The number of rotatable bonds is 6. The number of piperidine rings is 1. The summed E-state index contributed by atoms with van der Waals surface area (Å²) in [5, 5.41) is 11.4. The van der Waals surface area contributed by atoms with Gasteiger partial charge in [0.15, 0.2) is 5.96 Å². The van der Waals surface area contributed by atoms with Crippen LogP contribution in [0.2, 0.25) is 0 Å². The van der Waals surface area contributed by atoms with Crippen molar-refractivity contribution in [2.24, 2.45) is 4.99 Å². The highest BCUT2D eigenvalue weighted by molar-refractivity contribution is 7.07. The van der Waals surface area contributed by atoms with Gasteiger partial charge in [0.1, 0.15) is 0 Å². The highest BCUT2D eigenvalue weighted by Crippen LogP contribution is 2.17. The van der Waals surface area contributed by atoms with E-state index in [1.54, 1.807) is 11.3 Å². The van der Waals surface area contributed by atoms with E-state index in [2.05, 4.69) is 51.2 Å². The van der Waals surface area contributed by atoms with Crippen molar-refractivity contribution in [3.63, 3.8) is 0 Å². The van der Waals surface area contributed by atoms with Gasteiger partial charge in [0, 0.05) is 32.7 Å². The van der Waals surface area contributed by atoms with Crippen molar-refractivity contribution in [3.8, 4) is 0 Å². The molecule has 1 saturated heterocycles. The van der Waals surface area contributed by atoms with Gasteiger partial charge in [0.05, 0.1) is 0 Å². The number of nitrogens with zero attached hydrogens (tertiary/aromatic N) is 2. The Labute approximate surface area is 139 Å². The maximum Gasteiger partial charge on any atom is 0.191 e. The van der Waals surface area contributed by atoms with Crippen LogP contribution in [0.4, 0.5) is 0 Å². The Hall–Kier alpha value is -1.07. The molecule has 0 saturated carbocycles. The Morgan fingerprint density at radius 3 is 2.82 bits per heavy atom. The Bertz CT molecular complexity index is 436. The maximum atomic E-state index is 4.37. The molecule has 2 rings (SSSR count). The second-order valence-corrected chi connectivity index (χ2v) is 6.95. The van der Waals surface area contributed by atoms with E-state index in [9.17, 15) is 0 Å². The van der Waals surface area contributed by atoms with Crippen LogP contribution in [-0.4, -0.2) is 50.1 Å². The van der Waals surface area contributed by atoms with Gasteiger partial charge in [0.25, 0.3) is 0 Å². The van der Waals surface area contributed by atoms with E-state index in [4.69, 9.17) is 0 Å². The largest absolute Gasteiger partial charge is 0.356 e. The summed E-state index contributed by atoms with van der Waals surface area (Å²) in [6.45, 7) is 9.07. The van der Waals surface area contributed by atoms with E-state index in [-0.39, 0.29) is 0 Å². The molecule has 2 heterocycles. The molecule has 4 nitrogen and oxygen atoms in total. The Kier molecular flexibility index (Phi) is 7.19. The minimum Gasteiger partial charge on any atom is -0.356 e. The fourth-order valence-corrected chi connectivity index (χ4v) is 3.71. The summed E-state index contributed by atoms with van der Waals surface area (Å²) in [5.41, 5.74) is 1.40. The molecule has 1 aromatic heterocycles. The average Bonchev–Trinajstić information content (AvgIpc) is 3.07. The van der Waals surface area contributed by atoms with E-state index < -0.39 is 0 Å². The molecular weight excluding hydrogens is 292 g/mol. The predicted octanol–water partition coefficient (Wildman–Crippen LogP) is 2.89. The molecule has 0 amide bonds. The molecule has 1 atom stereocenters. The zero-order chi connectivity index (χ0) is 15.8. The van der Waals surface area contributed by atoms with E-state index >= 15 is 0 Å². The van der Waals surface area contributed by atoms with Crippen LogP contribution in [0.1, 0.15) is 44.6 Å². The van der Waals surface area contributed by atoms with Crippen molar-refractivity contribution in [1.82, 2.24) is 15.5 Å². The molecule has 2 N–H and O–H groups in total. The van der Waals surface area contributed by atoms with Gasteiger partial charge in [-0.1, -0.05) is 13.8 Å². The summed E-state index contributed by atoms with van der Waals surface area (Å²) in [6.07, 6.45) is 3.67. The molecule has 0 aliphatic carbocycles. The summed E-state index contributed by atoms with van der Waals surface area (Å²) >= 11 is 1.76. The minimum atomic E-state index is 0.510. The van der Waals surface area contributed by atoms with Gasteiger partial charge in [-0.25, -0.2) is 0 Å². The number of hydrogen-bond acceptors (Lipinski definition) is 3. The second kappa shape index (κ2) is 9.16. The van der Waals surface area contributed by atoms with Crippen molar-refractivity contribution in [1.29, 1.82) is 0 Å². The van der Waals surface area contributed by atoms with Gasteiger partial charge in [-0.2, -0.15) is 11.3 Å². The van der Waals surface area contributed by atoms with Crippen molar-refractivity contribution in [2.45, 2.75) is 45.1 Å². The quantitative estimate of drug-likeness (QED) is 0.625. The summed E-state index contributed by atoms with van der Waals surface area (Å²) in [5.74, 6) is 1.45. The fourth-order valence-electron chi connectivity index (χ4n) is 2.93. The highest BCUT2D eigenvalue weighted by atomic mass is 32.1. The fraction of sp³-hybridized carbons (Fsp3) is 0.706. The number of guanidine groups is 1. The molecule has 5 heteroatoms. The van der Waals surface area contributed by atoms with Gasteiger partial charge in [-0.15, -0.1) is 0 Å². The van der Waals surface area contributed by atoms with Gasteiger partial charge in [0.2, 0.25) is 0 Å². The number of thiophene rings is 1. The monoisotopic (exact) mass is 322 g/mol. The third-order valence-corrected chi connectivity index (χ3v) is 5.08. The third kappa shape index (κ3) is 5.29. The van der Waals surface area contributed by atoms with Crippen molar-refractivity contribution in [2.75, 3.05) is 33.2 Å². The number of aliphatic imine (C=N–C) groups is 1. The summed E-state index contributed by atoms with van der Waals surface area (Å²) in [4.78, 5) is 6.94. The second-order valence-electron chi connectivity index (χ2n) is 6.17. The molecule has 0 spiro atoms. The Balaban J connectivity index is 1.72. The zero-order valence-electron chi connectivity index (χ0n) is 14.1. The van der Waals surface area contributed by atoms with E-state index in [1.165, 1.54) is 44.5 Å². The van der Waals surface area contributed by atoms with Crippen molar-refractivity contribution < 1.29 is 0 Å². The number of nitrogens with one attached hydrogen (secondary N) is 2. The SMILES string of the molecule is CCCN1CCC(NC(=NC)NCC(C)c2ccsc2)CC1. The maximum absolute atomic E-state index is 4.37. The lowest BCUT2D eigenvalue weighted by Crippen LogP contribution is -2.49. The van der Waals surface area contributed by atoms with Crippen molar-refractivity contribution in [3.05, 3.63) is 22.4 Å². The predicted molar refractivity (Wildman–Crippen MR) is 97.0 cm³/mol. The smallest absolute Gasteiger partial charge is 0.191 e. The lowest BCUT2D eigenvalue weighted by molar-refractivity contribution is 0.206. The molecule has 0 aromatic carbocycles. The first-order valence-corrected chi connectivity index (χ1v) is 9.38. The van der Waals surface area contributed by atoms with Gasteiger partial charge < -0.3 is 15.5 Å². The Morgan fingerprint density at radius 1 is 1.45 bits per heavy atom. The molecule has 22 heavy (non-hydrogen) atoms. The first-order valence-electron chi connectivity index (χ1n) is 8.44. The molecule has 1 aliphatic heterocycles. The molecule has 1 aliphatic rings. The van der Waals surface area contributed by atoms with Gasteiger partial charge >= 0.3 is 0 Å². The lowest BCUT2D eigenvalue weighted by Gasteiger charge is -2.33. The summed E-state index contributed by atoms with van der Waals surface area (Å²) < 4.78 is 0. The van der Waals surface area contributed by atoms with Crippen LogP contribution in [0.3, 0.4) is 0 Å². The molecule has 0 bridgehead atoms. The molecule has 1 fully saturated rings. The standard InChI is InChI=1S/C17H30N4S/c1-4-8-21-9-5-16(6-10-21)20-17(18-3)19-12-14(2)15-7-11-22-13-15/h7,11,13-14,16H,4-6,8-10,12H2,1-3H3,(H2,18,19,20). The first kappa shape index (κ1) is 17.3. The first-order chi connectivity index (χ1) is 10.7. The lowest BCUT2D eigenvalue weighted by atomic mass is 10.0. The third-order valence-electron chi connectivity index (χ3n) is 4.38. The average molecular weight is 323 g/mol. The molecule has 0 radical (unpaired) electrons. The van der Waals surface area contributed by atoms with Gasteiger partial charge in [-0.05, 0) is 54.1 Å². The summed E-state index contributed by atoms with van der Waals surface area (Å²) in [6, 6.07) is 2.76. The van der Waals surface area contributed by atoms with E-state index in [0.29, 0.717) is 12.0 Å². The van der Waals surface area contributed by atoms with Crippen LogP contribution in [0.15, 0.2) is 21.8 Å². The zero-order valence-corrected chi connectivity index (χ0v) is 15.0. The van der Waals surface area contributed by atoms with Crippen LogP contribution in [-0.2, 0) is 0 Å². The molecule has 1 aromatic rings. The summed E-state index contributed by atoms with van der Waals surface area (Å²) in [7, 11) is 1.86. The van der Waals surface area contributed by atoms with Crippen LogP contribution in [0.25, 0.3) is 0 Å². The molecule has 124 valence electrons. The Morgan fingerprint density at radius 2 is 2.23 bits per heavy atom. The van der Waals surface area contributed by atoms with Crippen LogP contribution >= 0.6 is 11.3 Å². The van der Waals surface area contributed by atoms with Crippen LogP contribution in [0.5, 0.6) is 0 Å². The van der Waals surface area contributed by atoms with Crippen LogP contribution < -0.4 is 10.6 Å². The molecular formula is C17H30N4S. The number of likely N-dealkylation sites (tertiary alicyclic amines) is 1. The molecule has 1 unspecified atom stereocenters. The van der Waals surface area contributed by atoms with Gasteiger partial charge in [-0.3, -0.25) is 4.99 Å². The minimum absolute atomic E-state index is 0.510. The normalized spacial score (nSPS) is 19.1. The highest BCUT2D eigenvalue weighted by Gasteiger charge is 2.19. The number of hydrogen-bond donors (Lipinski definition) is 2. The topological polar surface area (TPSA) is 39.7 Å². The van der Waals surface area contributed by atoms with E-state index in [0.717, 1.165) is 12.5 Å². The van der Waals surface area contributed by atoms with Crippen molar-refractivity contribution >= 4 is 17.3 Å². The van der Waals surface area contributed by atoms with E-state index in [1.807, 2.05) is 7.05 Å².